The molecular formula is C14H28N2O2. The van der Waals surface area contributed by atoms with Crippen molar-refractivity contribution in [1.29, 1.82) is 0 Å². The minimum atomic E-state index is 0.253. The zero-order chi connectivity index (χ0) is 13.5. The van der Waals surface area contributed by atoms with E-state index in [1.165, 1.54) is 12.8 Å². The molecule has 0 aromatic carbocycles. The molecule has 0 bridgehead atoms. The van der Waals surface area contributed by atoms with Crippen molar-refractivity contribution in [1.82, 2.24) is 10.2 Å². The van der Waals surface area contributed by atoms with Gasteiger partial charge in [0.05, 0.1) is 0 Å². The third-order valence-electron chi connectivity index (χ3n) is 3.50. The maximum atomic E-state index is 12.3. The first kappa shape index (κ1) is 15.4. The Morgan fingerprint density at radius 1 is 1.44 bits per heavy atom. The van der Waals surface area contributed by atoms with Crippen LogP contribution in [0.25, 0.3) is 0 Å². The Morgan fingerprint density at radius 2 is 2.17 bits per heavy atom. The van der Waals surface area contributed by atoms with E-state index in [4.69, 9.17) is 4.74 Å². The number of ether oxygens (including phenoxy) is 1. The lowest BCUT2D eigenvalue weighted by molar-refractivity contribution is -0.134. The second-order valence-corrected chi connectivity index (χ2v) is 5.70. The first-order valence-electron chi connectivity index (χ1n) is 7.06. The summed E-state index contributed by atoms with van der Waals surface area (Å²) < 4.78 is 5.10. The molecule has 1 aliphatic rings. The van der Waals surface area contributed by atoms with Crippen molar-refractivity contribution in [2.45, 2.75) is 52.1 Å². The second-order valence-electron chi connectivity index (χ2n) is 5.70. The number of methoxy groups -OCH3 is 1. The lowest BCUT2D eigenvalue weighted by atomic mass is 10.1. The number of hydrogen-bond donors (Lipinski definition) is 1. The van der Waals surface area contributed by atoms with E-state index in [0.29, 0.717) is 25.0 Å². The van der Waals surface area contributed by atoms with Crippen molar-refractivity contribution in [3.8, 4) is 0 Å². The van der Waals surface area contributed by atoms with Crippen LogP contribution in [-0.4, -0.2) is 49.7 Å². The van der Waals surface area contributed by atoms with E-state index in [0.717, 1.165) is 13.1 Å². The molecule has 1 saturated heterocycles. The zero-order valence-electron chi connectivity index (χ0n) is 12.2. The molecule has 1 aliphatic heterocycles. The lowest BCUT2D eigenvalue weighted by Gasteiger charge is -2.30. The Morgan fingerprint density at radius 3 is 2.67 bits per heavy atom. The molecule has 1 rings (SSSR count). The van der Waals surface area contributed by atoms with Gasteiger partial charge >= 0.3 is 0 Å². The molecule has 2 unspecified atom stereocenters. The van der Waals surface area contributed by atoms with Crippen LogP contribution in [0, 0.1) is 5.92 Å². The number of carbonyl (C=O) groups is 1. The molecule has 0 radical (unpaired) electrons. The summed E-state index contributed by atoms with van der Waals surface area (Å²) in [6.45, 7) is 8.83. The highest BCUT2D eigenvalue weighted by Crippen LogP contribution is 2.13. The quantitative estimate of drug-likeness (QED) is 0.753. The van der Waals surface area contributed by atoms with Crippen LogP contribution in [0.1, 0.15) is 40.0 Å². The topological polar surface area (TPSA) is 41.6 Å². The molecule has 4 nitrogen and oxygen atoms in total. The van der Waals surface area contributed by atoms with Crippen molar-refractivity contribution in [3.63, 3.8) is 0 Å². The largest absolute Gasteiger partial charge is 0.384 e. The molecule has 0 saturated carbocycles. The van der Waals surface area contributed by atoms with Gasteiger partial charge in [-0.05, 0) is 39.2 Å². The Labute approximate surface area is 111 Å². The van der Waals surface area contributed by atoms with Gasteiger partial charge in [-0.1, -0.05) is 6.92 Å². The highest BCUT2D eigenvalue weighted by Gasteiger charge is 2.24. The predicted octanol–water partition coefficient (Wildman–Crippen LogP) is 1.65. The first-order valence-corrected chi connectivity index (χ1v) is 7.06. The number of nitrogens with one attached hydrogen (secondary N) is 1. The minimum Gasteiger partial charge on any atom is -0.384 e. The molecule has 1 heterocycles. The summed E-state index contributed by atoms with van der Waals surface area (Å²) in [7, 11) is 1.68. The molecule has 0 aromatic rings. The molecule has 1 N–H and O–H groups in total. The summed E-state index contributed by atoms with van der Waals surface area (Å²) in [5.74, 6) is 0.545. The van der Waals surface area contributed by atoms with Gasteiger partial charge in [0.2, 0.25) is 5.91 Å². The van der Waals surface area contributed by atoms with Gasteiger partial charge in [-0.3, -0.25) is 4.79 Å². The summed E-state index contributed by atoms with van der Waals surface area (Å²) >= 11 is 0. The van der Waals surface area contributed by atoms with Gasteiger partial charge in [0, 0.05) is 38.8 Å². The van der Waals surface area contributed by atoms with Crippen LogP contribution in [0.15, 0.2) is 0 Å². The Kier molecular flexibility index (Phi) is 6.65. The highest BCUT2D eigenvalue weighted by molar-refractivity contribution is 5.76. The van der Waals surface area contributed by atoms with E-state index in [1.54, 1.807) is 7.11 Å². The summed E-state index contributed by atoms with van der Waals surface area (Å²) in [5, 5.41) is 3.46. The van der Waals surface area contributed by atoms with E-state index in [9.17, 15) is 4.79 Å². The molecule has 0 aliphatic carbocycles. The van der Waals surface area contributed by atoms with Crippen LogP contribution < -0.4 is 5.32 Å². The van der Waals surface area contributed by atoms with E-state index in [2.05, 4.69) is 26.1 Å². The lowest BCUT2D eigenvalue weighted by Crippen LogP contribution is -2.45. The molecule has 1 fully saturated rings. The molecule has 106 valence electrons. The van der Waals surface area contributed by atoms with Gasteiger partial charge in [-0.2, -0.15) is 0 Å². The summed E-state index contributed by atoms with van der Waals surface area (Å²) in [6.07, 6.45) is 2.99. The average Bonchev–Trinajstić information content (AvgIpc) is 2.78. The number of amides is 1. The van der Waals surface area contributed by atoms with Gasteiger partial charge in [-0.15, -0.1) is 0 Å². The molecule has 2 atom stereocenters. The standard InChI is InChI=1S/C14H28N2O2/c1-11(2)16(9-13-6-5-7-15-13)14(17)8-12(3)10-18-4/h11-13,15H,5-10H2,1-4H3. The van der Waals surface area contributed by atoms with Crippen LogP contribution in [0.4, 0.5) is 0 Å². The number of rotatable bonds is 7. The molecule has 0 aromatic heterocycles. The maximum absolute atomic E-state index is 12.3. The minimum absolute atomic E-state index is 0.253. The monoisotopic (exact) mass is 256 g/mol. The Hall–Kier alpha value is -0.610. The Balaban J connectivity index is 2.46. The number of nitrogens with zero attached hydrogens (tertiary/aromatic N) is 1. The summed E-state index contributed by atoms with van der Waals surface area (Å²) in [5.41, 5.74) is 0. The van der Waals surface area contributed by atoms with Gasteiger partial charge < -0.3 is 15.0 Å². The summed E-state index contributed by atoms with van der Waals surface area (Å²) in [6, 6.07) is 0.753. The van der Waals surface area contributed by atoms with E-state index in [-0.39, 0.29) is 11.9 Å². The van der Waals surface area contributed by atoms with Crippen molar-refractivity contribution < 1.29 is 9.53 Å². The van der Waals surface area contributed by atoms with Crippen LogP contribution in [-0.2, 0) is 9.53 Å². The number of carbonyl (C=O) groups excluding carboxylic acids is 1. The van der Waals surface area contributed by atoms with E-state index >= 15 is 0 Å². The van der Waals surface area contributed by atoms with E-state index in [1.807, 2.05) is 4.90 Å². The van der Waals surface area contributed by atoms with Crippen LogP contribution in [0.2, 0.25) is 0 Å². The van der Waals surface area contributed by atoms with Crippen LogP contribution in [0.5, 0.6) is 0 Å². The fraction of sp³-hybridized carbons (Fsp3) is 0.929. The van der Waals surface area contributed by atoms with Crippen molar-refractivity contribution in [2.75, 3.05) is 26.8 Å². The molecular weight excluding hydrogens is 228 g/mol. The SMILES string of the molecule is COCC(C)CC(=O)N(CC1CCCN1)C(C)C. The third kappa shape index (κ3) is 4.94. The number of hydrogen-bond acceptors (Lipinski definition) is 3. The van der Waals surface area contributed by atoms with Crippen molar-refractivity contribution in [2.24, 2.45) is 5.92 Å². The molecule has 4 heteroatoms. The normalized spacial score (nSPS) is 21.3. The smallest absolute Gasteiger partial charge is 0.223 e. The van der Waals surface area contributed by atoms with Gasteiger partial charge in [0.25, 0.3) is 0 Å². The third-order valence-corrected chi connectivity index (χ3v) is 3.50. The van der Waals surface area contributed by atoms with Gasteiger partial charge in [0.15, 0.2) is 0 Å². The van der Waals surface area contributed by atoms with Crippen molar-refractivity contribution >= 4 is 5.91 Å². The zero-order valence-corrected chi connectivity index (χ0v) is 12.2. The van der Waals surface area contributed by atoms with Crippen LogP contribution >= 0.6 is 0 Å². The van der Waals surface area contributed by atoms with Gasteiger partial charge in [-0.25, -0.2) is 0 Å². The molecule has 18 heavy (non-hydrogen) atoms. The molecule has 0 spiro atoms. The van der Waals surface area contributed by atoms with Crippen LogP contribution in [0.3, 0.4) is 0 Å². The first-order chi connectivity index (χ1) is 8.54. The van der Waals surface area contributed by atoms with E-state index < -0.39 is 0 Å². The molecule has 1 amide bonds. The van der Waals surface area contributed by atoms with Crippen molar-refractivity contribution in [3.05, 3.63) is 0 Å². The average molecular weight is 256 g/mol. The fourth-order valence-corrected chi connectivity index (χ4v) is 2.51. The fourth-order valence-electron chi connectivity index (χ4n) is 2.51. The predicted molar refractivity (Wildman–Crippen MR) is 73.5 cm³/mol. The highest BCUT2D eigenvalue weighted by atomic mass is 16.5. The maximum Gasteiger partial charge on any atom is 0.223 e. The second kappa shape index (κ2) is 7.74. The Bertz CT molecular complexity index is 250. The summed E-state index contributed by atoms with van der Waals surface area (Å²) in [4.78, 5) is 14.3. The van der Waals surface area contributed by atoms with Gasteiger partial charge in [0.1, 0.15) is 0 Å².